The number of aromatic nitrogens is 1. The molecule has 0 radical (unpaired) electrons. The zero-order valence-corrected chi connectivity index (χ0v) is 7.64. The van der Waals surface area contributed by atoms with E-state index in [0.29, 0.717) is 6.42 Å². The highest BCUT2D eigenvalue weighted by Crippen LogP contribution is 2.41. The molecule has 0 spiro atoms. The monoisotopic (exact) mass is 181 g/mol. The van der Waals surface area contributed by atoms with Crippen molar-refractivity contribution in [3.8, 4) is 0 Å². The van der Waals surface area contributed by atoms with Crippen molar-refractivity contribution in [2.24, 2.45) is 0 Å². The van der Waals surface area contributed by atoms with Gasteiger partial charge in [0, 0.05) is 17.7 Å². The van der Waals surface area contributed by atoms with E-state index in [1.807, 2.05) is 0 Å². The summed E-state index contributed by atoms with van der Waals surface area (Å²) in [5.41, 5.74) is 1.09. The molecule has 1 heterocycles. The first-order valence-corrected chi connectivity index (χ1v) is 5.16. The van der Waals surface area contributed by atoms with Crippen molar-refractivity contribution in [2.75, 3.05) is 0 Å². The molecule has 2 nitrogen and oxygen atoms in total. The number of aldehydes is 1. The Balaban J connectivity index is 1.98. The van der Waals surface area contributed by atoms with Gasteiger partial charge in [-0.1, -0.05) is 0 Å². The molecule has 3 heteroatoms. The van der Waals surface area contributed by atoms with Gasteiger partial charge in [0.2, 0.25) is 0 Å². The molecule has 1 fully saturated rings. The predicted octanol–water partition coefficient (Wildman–Crippen LogP) is 2.15. The third-order valence-electron chi connectivity index (χ3n) is 2.01. The largest absolute Gasteiger partial charge is 0.303 e. The van der Waals surface area contributed by atoms with Gasteiger partial charge in [-0.15, -0.1) is 11.3 Å². The summed E-state index contributed by atoms with van der Waals surface area (Å²) in [5.74, 6) is 0.750. The molecule has 2 rings (SSSR count). The number of nitrogens with zero attached hydrogens (tertiary/aromatic N) is 1. The maximum Gasteiger partial charge on any atom is 0.120 e. The molecule has 1 aromatic heterocycles. The minimum absolute atomic E-state index is 0.605. The number of thiazole rings is 1. The summed E-state index contributed by atoms with van der Waals surface area (Å²) in [6.07, 6.45) is 4.98. The Morgan fingerprint density at radius 1 is 1.67 bits per heavy atom. The summed E-state index contributed by atoms with van der Waals surface area (Å²) >= 11 is 1.74. The molecule has 64 valence electrons. The molecule has 1 aliphatic rings. The molecule has 0 aliphatic heterocycles. The minimum Gasteiger partial charge on any atom is -0.303 e. The van der Waals surface area contributed by atoms with Crippen LogP contribution in [0.2, 0.25) is 0 Å². The van der Waals surface area contributed by atoms with E-state index >= 15 is 0 Å². The van der Waals surface area contributed by atoms with Crippen LogP contribution >= 0.6 is 11.3 Å². The number of carbonyl (C=O) groups excluding carboxylic acids is 1. The maximum atomic E-state index is 10.1. The second kappa shape index (κ2) is 3.35. The van der Waals surface area contributed by atoms with Gasteiger partial charge in [0.05, 0.1) is 10.7 Å². The fourth-order valence-electron chi connectivity index (χ4n) is 1.16. The number of rotatable bonds is 4. The summed E-state index contributed by atoms with van der Waals surface area (Å²) in [6, 6.07) is 0. The molecular formula is C9H11NOS. The lowest BCUT2D eigenvalue weighted by atomic mass is 10.3. The van der Waals surface area contributed by atoms with E-state index in [1.54, 1.807) is 11.3 Å². The smallest absolute Gasteiger partial charge is 0.120 e. The first-order chi connectivity index (χ1) is 5.90. The van der Waals surface area contributed by atoms with Crippen LogP contribution in [-0.2, 0) is 11.2 Å². The average Bonchev–Trinajstić information content (AvgIpc) is 2.83. The van der Waals surface area contributed by atoms with Crippen LogP contribution in [0.25, 0.3) is 0 Å². The van der Waals surface area contributed by atoms with Gasteiger partial charge >= 0.3 is 0 Å². The van der Waals surface area contributed by atoms with Crippen LogP contribution in [-0.4, -0.2) is 11.3 Å². The SMILES string of the molecule is O=CCCc1csc(C2CC2)n1. The summed E-state index contributed by atoms with van der Waals surface area (Å²) in [5, 5.41) is 3.35. The summed E-state index contributed by atoms with van der Waals surface area (Å²) in [4.78, 5) is 14.6. The van der Waals surface area contributed by atoms with E-state index in [-0.39, 0.29) is 0 Å². The molecule has 0 saturated heterocycles. The molecule has 12 heavy (non-hydrogen) atoms. The average molecular weight is 181 g/mol. The molecule has 0 bridgehead atoms. The third-order valence-corrected chi connectivity index (χ3v) is 3.07. The summed E-state index contributed by atoms with van der Waals surface area (Å²) in [7, 11) is 0. The van der Waals surface area contributed by atoms with Crippen LogP contribution in [0, 0.1) is 0 Å². The number of aryl methyl sites for hydroxylation is 1. The molecule has 0 N–H and O–H groups in total. The van der Waals surface area contributed by atoms with E-state index in [2.05, 4.69) is 10.4 Å². The highest BCUT2D eigenvalue weighted by molar-refractivity contribution is 7.09. The van der Waals surface area contributed by atoms with Crippen molar-refractivity contribution in [1.82, 2.24) is 4.98 Å². The fraction of sp³-hybridized carbons (Fsp3) is 0.556. The lowest BCUT2D eigenvalue weighted by molar-refractivity contribution is -0.107. The van der Waals surface area contributed by atoms with Gasteiger partial charge in [0.15, 0.2) is 0 Å². The molecule has 1 aliphatic carbocycles. The van der Waals surface area contributed by atoms with Crippen molar-refractivity contribution in [3.05, 3.63) is 16.1 Å². The van der Waals surface area contributed by atoms with Gasteiger partial charge in [-0.2, -0.15) is 0 Å². The topological polar surface area (TPSA) is 30.0 Å². The van der Waals surface area contributed by atoms with Gasteiger partial charge in [-0.05, 0) is 19.3 Å². The lowest BCUT2D eigenvalue weighted by Gasteiger charge is -1.88. The molecular weight excluding hydrogens is 170 g/mol. The molecule has 0 atom stereocenters. The first-order valence-electron chi connectivity index (χ1n) is 4.28. The van der Waals surface area contributed by atoms with Gasteiger partial charge < -0.3 is 4.79 Å². The van der Waals surface area contributed by atoms with Crippen LogP contribution in [0.5, 0.6) is 0 Å². The van der Waals surface area contributed by atoms with Gasteiger partial charge in [0.1, 0.15) is 6.29 Å². The van der Waals surface area contributed by atoms with Crippen molar-refractivity contribution >= 4 is 17.6 Å². The van der Waals surface area contributed by atoms with Gasteiger partial charge in [-0.3, -0.25) is 0 Å². The van der Waals surface area contributed by atoms with E-state index in [1.165, 1.54) is 17.8 Å². The normalized spacial score (nSPS) is 16.3. The Morgan fingerprint density at radius 3 is 3.17 bits per heavy atom. The maximum absolute atomic E-state index is 10.1. The van der Waals surface area contributed by atoms with E-state index in [4.69, 9.17) is 0 Å². The fourth-order valence-corrected chi connectivity index (χ4v) is 2.19. The number of carbonyl (C=O) groups is 1. The molecule has 1 aromatic rings. The zero-order valence-electron chi connectivity index (χ0n) is 6.82. The van der Waals surface area contributed by atoms with E-state index in [9.17, 15) is 4.79 Å². The lowest BCUT2D eigenvalue weighted by Crippen LogP contribution is -1.86. The van der Waals surface area contributed by atoms with Crippen LogP contribution < -0.4 is 0 Å². The quantitative estimate of drug-likeness (QED) is 0.666. The van der Waals surface area contributed by atoms with Crippen LogP contribution in [0.15, 0.2) is 5.38 Å². The zero-order chi connectivity index (χ0) is 8.39. The summed E-state index contributed by atoms with van der Waals surface area (Å²) in [6.45, 7) is 0. The van der Waals surface area contributed by atoms with Gasteiger partial charge in [0.25, 0.3) is 0 Å². The predicted molar refractivity (Wildman–Crippen MR) is 48.5 cm³/mol. The van der Waals surface area contributed by atoms with Crippen LogP contribution in [0.3, 0.4) is 0 Å². The van der Waals surface area contributed by atoms with Crippen molar-refractivity contribution in [2.45, 2.75) is 31.6 Å². The Morgan fingerprint density at radius 2 is 2.50 bits per heavy atom. The third kappa shape index (κ3) is 1.72. The van der Waals surface area contributed by atoms with Gasteiger partial charge in [-0.25, -0.2) is 4.98 Å². The summed E-state index contributed by atoms with van der Waals surface area (Å²) < 4.78 is 0. The molecule has 1 saturated carbocycles. The Hall–Kier alpha value is -0.700. The first kappa shape index (κ1) is 7.92. The van der Waals surface area contributed by atoms with Crippen molar-refractivity contribution in [1.29, 1.82) is 0 Å². The number of hydrogen-bond acceptors (Lipinski definition) is 3. The van der Waals surface area contributed by atoms with Crippen LogP contribution in [0.4, 0.5) is 0 Å². The number of hydrogen-bond donors (Lipinski definition) is 0. The Kier molecular flexibility index (Phi) is 2.21. The van der Waals surface area contributed by atoms with Crippen molar-refractivity contribution in [3.63, 3.8) is 0 Å². The van der Waals surface area contributed by atoms with Crippen LogP contribution in [0.1, 0.15) is 35.9 Å². The molecule has 0 unspecified atom stereocenters. The Labute approximate surface area is 75.6 Å². The molecule has 0 amide bonds. The highest BCUT2D eigenvalue weighted by Gasteiger charge is 2.26. The van der Waals surface area contributed by atoms with E-state index < -0.39 is 0 Å². The van der Waals surface area contributed by atoms with Crippen molar-refractivity contribution < 1.29 is 4.79 Å². The Bertz CT molecular complexity index is 278. The standard InChI is InChI=1S/C9H11NOS/c11-5-1-2-8-6-12-9(10-8)7-3-4-7/h5-7H,1-4H2. The highest BCUT2D eigenvalue weighted by atomic mass is 32.1. The second-order valence-electron chi connectivity index (χ2n) is 3.16. The second-order valence-corrected chi connectivity index (χ2v) is 4.05. The van der Waals surface area contributed by atoms with E-state index in [0.717, 1.165) is 24.3 Å². The minimum atomic E-state index is 0.605. The molecule has 0 aromatic carbocycles.